The average molecular weight is 272 g/mol. The van der Waals surface area contributed by atoms with Crippen molar-refractivity contribution in [1.29, 1.82) is 0 Å². The Balaban J connectivity index is 3.06. The largest absolute Gasteiger partial charge is 0.489 e. The van der Waals surface area contributed by atoms with E-state index in [0.29, 0.717) is 0 Å². The van der Waals surface area contributed by atoms with E-state index in [1.165, 1.54) is 24.3 Å². The summed E-state index contributed by atoms with van der Waals surface area (Å²) in [6.45, 7) is 5.55. The first-order valence-electron chi connectivity index (χ1n) is 5.48. The number of benzene rings is 1. The molecule has 18 heavy (non-hydrogen) atoms. The Morgan fingerprint density at radius 2 is 1.78 bits per heavy atom. The molecule has 0 radical (unpaired) electrons. The van der Waals surface area contributed by atoms with Gasteiger partial charge in [-0.15, -0.1) is 0 Å². The van der Waals surface area contributed by atoms with E-state index >= 15 is 0 Å². The van der Waals surface area contributed by atoms with E-state index in [9.17, 15) is 8.42 Å². The fraction of sp³-hybridized carbons (Fsp3) is 0.455. The van der Waals surface area contributed by atoms with Gasteiger partial charge in [0.05, 0.1) is 11.5 Å². The van der Waals surface area contributed by atoms with Crippen LogP contribution in [-0.2, 0) is 14.3 Å². The number of rotatable bonds is 4. The molecule has 0 bridgehead atoms. The molecule has 2 N–H and O–H groups in total. The summed E-state index contributed by atoms with van der Waals surface area (Å²) < 4.78 is 28.8. The molecular weight excluding hydrogens is 255 g/mol. The lowest BCUT2D eigenvalue weighted by Crippen LogP contribution is -2.35. The quantitative estimate of drug-likeness (QED) is 0.600. The molecule has 1 aromatic rings. The van der Waals surface area contributed by atoms with Gasteiger partial charge in [0, 0.05) is 5.46 Å². The van der Waals surface area contributed by atoms with E-state index in [2.05, 4.69) is 0 Å². The molecule has 100 valence electrons. The molecule has 0 fully saturated rings. The molecule has 0 aliphatic carbocycles. The first-order valence-corrected chi connectivity index (χ1v) is 6.89. The van der Waals surface area contributed by atoms with Crippen LogP contribution in [0.3, 0.4) is 0 Å². The third-order valence-electron chi connectivity index (χ3n) is 2.11. The molecule has 0 aromatic heterocycles. The van der Waals surface area contributed by atoms with E-state index < -0.39 is 17.2 Å². The molecule has 7 heteroatoms. The van der Waals surface area contributed by atoms with Gasteiger partial charge < -0.3 is 10.0 Å². The first-order chi connectivity index (χ1) is 8.13. The van der Waals surface area contributed by atoms with E-state index in [4.69, 9.17) is 14.2 Å². The molecule has 0 atom stereocenters. The van der Waals surface area contributed by atoms with Gasteiger partial charge in [-0.3, -0.25) is 4.18 Å². The molecule has 0 heterocycles. The summed E-state index contributed by atoms with van der Waals surface area (Å²) in [5, 5.41) is 18.3. The van der Waals surface area contributed by atoms with Crippen LogP contribution < -0.4 is 5.46 Å². The predicted octanol–water partition coefficient (Wildman–Crippen LogP) is 0.118. The topological polar surface area (TPSA) is 83.8 Å². The zero-order valence-corrected chi connectivity index (χ0v) is 11.4. The second kappa shape index (κ2) is 5.40. The smallest absolute Gasteiger partial charge is 0.423 e. The van der Waals surface area contributed by atoms with Gasteiger partial charge in [0.2, 0.25) is 0 Å². The average Bonchev–Trinajstić information content (AvgIpc) is 2.26. The maximum atomic E-state index is 12.0. The second-order valence-electron chi connectivity index (χ2n) is 5.19. The molecule has 5 nitrogen and oxygen atoms in total. The molecule has 0 saturated heterocycles. The summed E-state index contributed by atoms with van der Waals surface area (Å²) in [7, 11) is -5.84. The SMILES string of the molecule is CC(C)(C)COS(=O)(=O)c1ccccc1B(O)O. The van der Waals surface area contributed by atoms with Crippen molar-refractivity contribution in [2.75, 3.05) is 6.61 Å². The Hall–Kier alpha value is -0.885. The lowest BCUT2D eigenvalue weighted by Gasteiger charge is -2.18. The van der Waals surface area contributed by atoms with Crippen molar-refractivity contribution in [2.45, 2.75) is 25.7 Å². The van der Waals surface area contributed by atoms with Crippen LogP contribution >= 0.6 is 0 Å². The first kappa shape index (κ1) is 15.2. The summed E-state index contributed by atoms with van der Waals surface area (Å²) in [6.07, 6.45) is 0. The second-order valence-corrected chi connectivity index (χ2v) is 6.77. The third kappa shape index (κ3) is 4.10. The molecule has 1 aromatic carbocycles. The highest BCUT2D eigenvalue weighted by molar-refractivity contribution is 7.87. The van der Waals surface area contributed by atoms with Crippen molar-refractivity contribution >= 4 is 22.7 Å². The molecular formula is C11H17BO5S. The maximum absolute atomic E-state index is 12.0. The van der Waals surface area contributed by atoms with Crippen LogP contribution in [-0.4, -0.2) is 32.2 Å². The maximum Gasteiger partial charge on any atom is 0.489 e. The van der Waals surface area contributed by atoms with E-state index in [0.717, 1.165) is 0 Å². The van der Waals surface area contributed by atoms with E-state index in [1.54, 1.807) is 0 Å². The number of hydrogen-bond acceptors (Lipinski definition) is 5. The van der Waals surface area contributed by atoms with Gasteiger partial charge in [-0.1, -0.05) is 39.0 Å². The minimum atomic E-state index is -3.99. The van der Waals surface area contributed by atoms with Crippen LogP contribution in [0, 0.1) is 5.41 Å². The van der Waals surface area contributed by atoms with Gasteiger partial charge in [-0.25, -0.2) is 0 Å². The summed E-state index contributed by atoms with van der Waals surface area (Å²) in [5.41, 5.74) is -0.397. The highest BCUT2D eigenvalue weighted by Gasteiger charge is 2.26. The molecule has 1 rings (SSSR count). The number of hydrogen-bond donors (Lipinski definition) is 2. The fourth-order valence-electron chi connectivity index (χ4n) is 1.24. The Morgan fingerprint density at radius 1 is 1.22 bits per heavy atom. The van der Waals surface area contributed by atoms with E-state index in [-0.39, 0.29) is 22.4 Å². The fourth-order valence-corrected chi connectivity index (χ4v) is 2.58. The minimum Gasteiger partial charge on any atom is -0.423 e. The molecule has 0 saturated carbocycles. The van der Waals surface area contributed by atoms with Crippen molar-refractivity contribution in [2.24, 2.45) is 5.41 Å². The van der Waals surface area contributed by atoms with Gasteiger partial charge in [0.25, 0.3) is 10.1 Å². The van der Waals surface area contributed by atoms with Crippen molar-refractivity contribution in [1.82, 2.24) is 0 Å². The lowest BCUT2D eigenvalue weighted by molar-refractivity contribution is 0.203. The van der Waals surface area contributed by atoms with Crippen molar-refractivity contribution < 1.29 is 22.6 Å². The van der Waals surface area contributed by atoms with Crippen LogP contribution in [0.4, 0.5) is 0 Å². The van der Waals surface area contributed by atoms with Crippen LogP contribution in [0.15, 0.2) is 29.2 Å². The van der Waals surface area contributed by atoms with Crippen molar-refractivity contribution in [3.63, 3.8) is 0 Å². The highest BCUT2D eigenvalue weighted by atomic mass is 32.2. The minimum absolute atomic E-state index is 0.0190. The van der Waals surface area contributed by atoms with Gasteiger partial charge in [0.1, 0.15) is 0 Å². The van der Waals surface area contributed by atoms with Crippen LogP contribution in [0.2, 0.25) is 0 Å². The molecule has 0 amide bonds. The Bertz CT molecular complexity index is 504. The highest BCUT2D eigenvalue weighted by Crippen LogP contribution is 2.18. The summed E-state index contributed by atoms with van der Waals surface area (Å²) in [4.78, 5) is -0.218. The van der Waals surface area contributed by atoms with Gasteiger partial charge in [0.15, 0.2) is 0 Å². The predicted molar refractivity (Wildman–Crippen MR) is 68.9 cm³/mol. The monoisotopic (exact) mass is 272 g/mol. The zero-order chi connectivity index (χ0) is 14.0. The standard InChI is InChI=1S/C11H17BO5S/c1-11(2,3)8-17-18(15,16)10-7-5-4-6-9(10)12(13)14/h4-7,13-14H,8H2,1-3H3. The Morgan fingerprint density at radius 3 is 2.28 bits per heavy atom. The summed E-state index contributed by atoms with van der Waals surface area (Å²) in [5.74, 6) is 0. The van der Waals surface area contributed by atoms with Gasteiger partial charge >= 0.3 is 7.12 Å². The Labute approximate surface area is 108 Å². The zero-order valence-electron chi connectivity index (χ0n) is 10.6. The Kier molecular flexibility index (Phi) is 4.55. The molecule has 0 aliphatic rings. The summed E-state index contributed by atoms with van der Waals surface area (Å²) >= 11 is 0. The van der Waals surface area contributed by atoms with Crippen LogP contribution in [0.5, 0.6) is 0 Å². The normalized spacial score (nSPS) is 12.5. The molecule has 0 unspecified atom stereocenters. The third-order valence-corrected chi connectivity index (χ3v) is 3.45. The van der Waals surface area contributed by atoms with Gasteiger partial charge in [-0.2, -0.15) is 8.42 Å². The van der Waals surface area contributed by atoms with Crippen LogP contribution in [0.25, 0.3) is 0 Å². The van der Waals surface area contributed by atoms with Crippen molar-refractivity contribution in [3.8, 4) is 0 Å². The van der Waals surface area contributed by atoms with Gasteiger partial charge in [-0.05, 0) is 11.5 Å². The molecule has 0 aliphatic heterocycles. The van der Waals surface area contributed by atoms with E-state index in [1.807, 2.05) is 20.8 Å². The molecule has 0 spiro atoms. The summed E-state index contributed by atoms with van der Waals surface area (Å²) in [6, 6.07) is 5.64. The lowest BCUT2D eigenvalue weighted by atomic mass is 9.80. The van der Waals surface area contributed by atoms with Crippen molar-refractivity contribution in [3.05, 3.63) is 24.3 Å². The van der Waals surface area contributed by atoms with Crippen LogP contribution in [0.1, 0.15) is 20.8 Å².